The molecule has 49 heavy (non-hydrogen) atoms. The van der Waals surface area contributed by atoms with Gasteiger partial charge >= 0.3 is 0 Å². The molecule has 1 amide bonds. The molecule has 0 unspecified atom stereocenters. The molecule has 0 bridgehead atoms. The number of aliphatic hydroxyl groups excluding tert-OH is 4. The fraction of sp³-hybridized carbons (Fsp3) is 0.872. The summed E-state index contributed by atoms with van der Waals surface area (Å²) in [6, 6.07) is 0. The lowest BCUT2D eigenvalue weighted by Crippen LogP contribution is -2.65. The highest BCUT2D eigenvalue weighted by Gasteiger charge is 2.69. The van der Waals surface area contributed by atoms with Gasteiger partial charge < -0.3 is 30.5 Å². The first-order valence-corrected chi connectivity index (χ1v) is 19.1. The number of fused-ring (bicyclic) bond motifs is 7. The van der Waals surface area contributed by atoms with E-state index in [1.165, 1.54) is 16.7 Å². The number of aromatic nitrogens is 3. The van der Waals surface area contributed by atoms with E-state index >= 15 is 0 Å². The van der Waals surface area contributed by atoms with Crippen LogP contribution in [0.25, 0.3) is 0 Å². The Morgan fingerprint density at radius 1 is 0.918 bits per heavy atom. The van der Waals surface area contributed by atoms with Gasteiger partial charge in [0.15, 0.2) is 6.23 Å². The van der Waals surface area contributed by atoms with Crippen LogP contribution < -0.4 is 5.32 Å². The van der Waals surface area contributed by atoms with E-state index in [1.807, 2.05) is 0 Å². The third-order valence-electron chi connectivity index (χ3n) is 16.1. The first-order valence-electron chi connectivity index (χ1n) is 19.1. The summed E-state index contributed by atoms with van der Waals surface area (Å²) in [5.41, 5.74) is 2.00. The van der Waals surface area contributed by atoms with Crippen molar-refractivity contribution in [3.63, 3.8) is 0 Å². The number of aliphatic hydroxyl groups is 4. The molecule has 1 saturated heterocycles. The molecule has 4 saturated carbocycles. The van der Waals surface area contributed by atoms with Crippen molar-refractivity contribution < 1.29 is 30.0 Å². The molecule has 274 valence electrons. The molecule has 2 heterocycles. The molecule has 5 N–H and O–H groups in total. The van der Waals surface area contributed by atoms with Gasteiger partial charge in [0.1, 0.15) is 24.0 Å². The molecular formula is C39H62N4O6. The van der Waals surface area contributed by atoms with Gasteiger partial charge in [0.05, 0.1) is 30.4 Å². The molecule has 10 heteroatoms. The number of nitrogens with one attached hydrogen (secondary N) is 1. The van der Waals surface area contributed by atoms with Gasteiger partial charge in [0, 0.05) is 0 Å². The first kappa shape index (κ1) is 35.5. The second kappa shape index (κ2) is 11.6. The molecule has 1 aromatic heterocycles. The van der Waals surface area contributed by atoms with Crippen LogP contribution in [0.3, 0.4) is 0 Å². The standard InChI is InChI=1S/C39H62N4O6/c1-22-29(45)30(46)31(47)32(49-22)43-21-23(41-42-43)20-40-33(48)39-17-15-34(2,3)19-25(39)24-9-10-27-36(6)13-12-28(44)35(4,5)26(36)11-14-38(27,8)37(24,7)16-18-39/h9,21-22,25-32,44-47H,10-20H2,1-8H3,(H,40,48)/t22-,25-,26-,27+,28-,29-,30+,31+,32+,36-,37+,38+,39-/m0/s1. The highest BCUT2D eigenvalue weighted by molar-refractivity contribution is 5.84. The third kappa shape index (κ3) is 5.07. The minimum atomic E-state index is -1.36. The molecule has 1 aromatic rings. The Hall–Kier alpha value is -1.85. The lowest BCUT2D eigenvalue weighted by atomic mass is 9.33. The van der Waals surface area contributed by atoms with Crippen molar-refractivity contribution in [2.45, 2.75) is 163 Å². The fourth-order valence-electron chi connectivity index (χ4n) is 12.8. The Balaban J connectivity index is 1.14. The Morgan fingerprint density at radius 3 is 2.37 bits per heavy atom. The van der Waals surface area contributed by atoms with Crippen molar-refractivity contribution in [2.75, 3.05) is 0 Å². The largest absolute Gasteiger partial charge is 0.393 e. The third-order valence-corrected chi connectivity index (χ3v) is 16.1. The fourth-order valence-corrected chi connectivity index (χ4v) is 12.8. The summed E-state index contributed by atoms with van der Waals surface area (Å²) in [4.78, 5) is 14.6. The van der Waals surface area contributed by atoms with Crippen LogP contribution in [0.4, 0.5) is 0 Å². The second-order valence-electron chi connectivity index (χ2n) is 19.3. The van der Waals surface area contributed by atoms with Crippen LogP contribution in [0.2, 0.25) is 0 Å². The van der Waals surface area contributed by atoms with Crippen LogP contribution in [0, 0.1) is 50.2 Å². The predicted molar refractivity (Wildman–Crippen MR) is 185 cm³/mol. The second-order valence-corrected chi connectivity index (χ2v) is 19.3. The first-order chi connectivity index (χ1) is 22.8. The molecule has 0 spiro atoms. The molecule has 13 atom stereocenters. The summed E-state index contributed by atoms with van der Waals surface area (Å²) in [6.07, 6.45) is 8.48. The normalized spacial score (nSPS) is 48.7. The highest BCUT2D eigenvalue weighted by atomic mass is 16.5. The molecule has 0 radical (unpaired) electrons. The topological polar surface area (TPSA) is 150 Å². The summed E-state index contributed by atoms with van der Waals surface area (Å²) in [5.74, 6) is 1.34. The van der Waals surface area contributed by atoms with Crippen molar-refractivity contribution >= 4 is 5.91 Å². The van der Waals surface area contributed by atoms with Crippen LogP contribution in [-0.2, 0) is 16.1 Å². The Morgan fingerprint density at radius 2 is 1.63 bits per heavy atom. The zero-order valence-electron chi connectivity index (χ0n) is 31.1. The van der Waals surface area contributed by atoms with Crippen LogP contribution >= 0.6 is 0 Å². The van der Waals surface area contributed by atoms with Crippen LogP contribution in [-0.4, -0.2) is 71.8 Å². The van der Waals surface area contributed by atoms with E-state index in [0.29, 0.717) is 17.5 Å². The van der Waals surface area contributed by atoms with E-state index in [0.717, 1.165) is 57.8 Å². The molecule has 6 aliphatic rings. The van der Waals surface area contributed by atoms with Gasteiger partial charge in [-0.1, -0.05) is 65.3 Å². The molecule has 7 rings (SSSR count). The van der Waals surface area contributed by atoms with Crippen LogP contribution in [0.5, 0.6) is 0 Å². The van der Waals surface area contributed by atoms with Gasteiger partial charge in [-0.2, -0.15) is 0 Å². The SMILES string of the molecule is C[C@@H]1O[C@@H](n2cc(CNC(=O)[C@]34CCC(C)(C)C[C@H]3C3=CC[C@@H]5[C@@]6(C)CC[C@H](O)C(C)(C)[C@@H]6CC[C@@]5(C)[C@]3(C)CC4)nn2)[C@H](O)[C@H](O)[C@H]1O. The minimum absolute atomic E-state index is 0.0186. The van der Waals surface area contributed by atoms with Gasteiger partial charge in [-0.3, -0.25) is 4.79 Å². The van der Waals surface area contributed by atoms with Crippen molar-refractivity contribution in [1.29, 1.82) is 0 Å². The molecule has 0 aromatic carbocycles. The monoisotopic (exact) mass is 682 g/mol. The van der Waals surface area contributed by atoms with Gasteiger partial charge in [-0.25, -0.2) is 4.68 Å². The number of allylic oxidation sites excluding steroid dienone is 2. The summed E-state index contributed by atoms with van der Waals surface area (Å²) in [5, 5.41) is 53.7. The van der Waals surface area contributed by atoms with Gasteiger partial charge in [-0.15, -0.1) is 5.10 Å². The maximum atomic E-state index is 14.6. The van der Waals surface area contributed by atoms with Crippen LogP contribution in [0.15, 0.2) is 17.8 Å². The lowest BCUT2D eigenvalue weighted by Gasteiger charge is -2.71. The summed E-state index contributed by atoms with van der Waals surface area (Å²) >= 11 is 0. The number of carbonyl (C=O) groups is 1. The average Bonchev–Trinajstić information content (AvgIpc) is 3.51. The van der Waals surface area contributed by atoms with Crippen molar-refractivity contribution in [2.24, 2.45) is 50.2 Å². The van der Waals surface area contributed by atoms with Crippen molar-refractivity contribution in [3.8, 4) is 0 Å². The number of hydrogen-bond acceptors (Lipinski definition) is 8. The summed E-state index contributed by atoms with van der Waals surface area (Å²) in [6.45, 7) is 18.9. The number of carbonyl (C=O) groups excluding carboxylic acids is 1. The smallest absolute Gasteiger partial charge is 0.227 e. The zero-order valence-corrected chi connectivity index (χ0v) is 31.1. The Bertz CT molecular complexity index is 1490. The van der Waals surface area contributed by atoms with Crippen LogP contribution in [0.1, 0.15) is 132 Å². The average molecular weight is 683 g/mol. The summed E-state index contributed by atoms with van der Waals surface area (Å²) < 4.78 is 7.10. The van der Waals surface area contributed by atoms with Crippen molar-refractivity contribution in [1.82, 2.24) is 20.3 Å². The van der Waals surface area contributed by atoms with E-state index in [4.69, 9.17) is 4.74 Å². The number of rotatable bonds is 4. The maximum absolute atomic E-state index is 14.6. The number of amides is 1. The predicted octanol–water partition coefficient (Wildman–Crippen LogP) is 5.06. The van der Waals surface area contributed by atoms with Gasteiger partial charge in [0.25, 0.3) is 0 Å². The summed E-state index contributed by atoms with van der Waals surface area (Å²) in [7, 11) is 0. The Labute approximate surface area is 292 Å². The number of nitrogens with zero attached hydrogens (tertiary/aromatic N) is 3. The van der Waals surface area contributed by atoms with E-state index in [2.05, 4.69) is 70.2 Å². The quantitative estimate of drug-likeness (QED) is 0.277. The van der Waals surface area contributed by atoms with E-state index in [-0.39, 0.29) is 51.5 Å². The minimum Gasteiger partial charge on any atom is -0.393 e. The van der Waals surface area contributed by atoms with E-state index in [9.17, 15) is 25.2 Å². The number of hydrogen-bond donors (Lipinski definition) is 5. The van der Waals surface area contributed by atoms with Gasteiger partial charge in [0.2, 0.25) is 5.91 Å². The molecule has 10 nitrogen and oxygen atoms in total. The molecular weight excluding hydrogens is 620 g/mol. The molecule has 5 fully saturated rings. The zero-order chi connectivity index (χ0) is 35.5. The highest BCUT2D eigenvalue weighted by Crippen LogP contribution is 2.75. The molecule has 1 aliphatic heterocycles. The van der Waals surface area contributed by atoms with E-state index < -0.39 is 36.1 Å². The Kier molecular flexibility index (Phi) is 8.40. The maximum Gasteiger partial charge on any atom is 0.227 e. The lowest BCUT2D eigenvalue weighted by molar-refractivity contribution is -0.243. The van der Waals surface area contributed by atoms with E-state index in [1.54, 1.807) is 13.1 Å². The number of ether oxygens (including phenoxy) is 1. The molecule has 5 aliphatic carbocycles. The van der Waals surface area contributed by atoms with Gasteiger partial charge in [-0.05, 0) is 116 Å². The van der Waals surface area contributed by atoms with Crippen molar-refractivity contribution in [3.05, 3.63) is 23.5 Å².